The van der Waals surface area contributed by atoms with E-state index >= 15 is 0 Å². The van der Waals surface area contributed by atoms with Crippen LogP contribution in [0.25, 0.3) is 10.9 Å². The van der Waals surface area contributed by atoms with Gasteiger partial charge in [-0.05, 0) is 49.6 Å². The van der Waals surface area contributed by atoms with Gasteiger partial charge in [-0.2, -0.15) is 4.98 Å². The number of pyridine rings is 2. The van der Waals surface area contributed by atoms with Crippen LogP contribution < -0.4 is 15.0 Å². The minimum Gasteiger partial charge on any atom is -0.478 e. The molecule has 2 aliphatic heterocycles. The number of amides is 1. The van der Waals surface area contributed by atoms with Crippen molar-refractivity contribution >= 4 is 28.3 Å². The molecular weight excluding hydrogens is 402 g/mol. The monoisotopic (exact) mass is 431 g/mol. The fourth-order valence-corrected chi connectivity index (χ4v) is 4.47. The van der Waals surface area contributed by atoms with Gasteiger partial charge in [0.2, 0.25) is 11.8 Å². The maximum Gasteiger partial charge on any atom is 0.225 e. The van der Waals surface area contributed by atoms with Crippen molar-refractivity contribution in [3.63, 3.8) is 0 Å². The lowest BCUT2D eigenvalue weighted by atomic mass is 10.1. The first-order valence-corrected chi connectivity index (χ1v) is 11.5. The maximum absolute atomic E-state index is 11.5. The zero-order valence-electron chi connectivity index (χ0n) is 18.3. The molecule has 3 aromatic rings. The number of aryl methyl sites for hydroxylation is 1. The van der Waals surface area contributed by atoms with Gasteiger partial charge in [0.25, 0.3) is 0 Å². The van der Waals surface area contributed by atoms with Crippen molar-refractivity contribution in [2.75, 3.05) is 49.5 Å². The van der Waals surface area contributed by atoms with Crippen molar-refractivity contribution in [1.82, 2.24) is 14.9 Å². The van der Waals surface area contributed by atoms with Crippen LogP contribution in [0.1, 0.15) is 24.8 Å². The highest BCUT2D eigenvalue weighted by atomic mass is 16.5. The molecular formula is C25H29N5O2. The minimum atomic E-state index is 0.0268. The molecule has 0 radical (unpaired) electrons. The number of anilines is 2. The Morgan fingerprint density at radius 1 is 0.969 bits per heavy atom. The SMILES string of the molecule is O=C1CCc2ccc(OCCCCN3CCN(c4cccc5cccnc45)CC3)nc2N1. The molecule has 0 saturated carbocycles. The van der Waals surface area contributed by atoms with E-state index in [0.29, 0.717) is 24.7 Å². The van der Waals surface area contributed by atoms with E-state index in [2.05, 4.69) is 49.4 Å². The highest BCUT2D eigenvalue weighted by Gasteiger charge is 2.19. The maximum atomic E-state index is 11.5. The van der Waals surface area contributed by atoms with Crippen molar-refractivity contribution in [1.29, 1.82) is 0 Å². The highest BCUT2D eigenvalue weighted by Crippen LogP contribution is 2.26. The number of nitrogens with one attached hydrogen (secondary N) is 1. The molecule has 0 atom stereocenters. The summed E-state index contributed by atoms with van der Waals surface area (Å²) in [5, 5.41) is 4.02. The normalized spacial score (nSPS) is 16.6. The molecule has 166 valence electrons. The van der Waals surface area contributed by atoms with Gasteiger partial charge >= 0.3 is 0 Å². The zero-order chi connectivity index (χ0) is 21.8. The summed E-state index contributed by atoms with van der Waals surface area (Å²) in [5.74, 6) is 1.26. The summed E-state index contributed by atoms with van der Waals surface area (Å²) < 4.78 is 5.82. The molecule has 0 bridgehead atoms. The lowest BCUT2D eigenvalue weighted by Crippen LogP contribution is -2.46. The van der Waals surface area contributed by atoms with E-state index < -0.39 is 0 Å². The first-order valence-electron chi connectivity index (χ1n) is 11.5. The topological polar surface area (TPSA) is 70.6 Å². The number of unbranched alkanes of at least 4 members (excludes halogenated alkanes) is 1. The smallest absolute Gasteiger partial charge is 0.225 e. The van der Waals surface area contributed by atoms with Crippen molar-refractivity contribution < 1.29 is 9.53 Å². The predicted octanol–water partition coefficient (Wildman–Crippen LogP) is 3.50. The number of fused-ring (bicyclic) bond motifs is 2. The van der Waals surface area contributed by atoms with Gasteiger partial charge in [-0.3, -0.25) is 14.7 Å². The second-order valence-corrected chi connectivity index (χ2v) is 8.44. The Labute approximate surface area is 188 Å². The Balaban J connectivity index is 1.04. The van der Waals surface area contributed by atoms with Gasteiger partial charge in [-0.25, -0.2) is 0 Å². The van der Waals surface area contributed by atoms with Crippen LogP contribution in [-0.2, 0) is 11.2 Å². The number of aromatic nitrogens is 2. The molecule has 7 nitrogen and oxygen atoms in total. The first kappa shape index (κ1) is 20.7. The standard InChI is InChI=1S/C25H29N5O2/c31-22-10-8-20-9-11-23(28-25(20)27-22)32-18-2-1-13-29-14-16-30(17-15-29)21-7-3-5-19-6-4-12-26-24(19)21/h3-7,9,11-12H,1-2,8,10,13-18H2,(H,27,28,31). The molecule has 1 saturated heterocycles. The van der Waals surface area contributed by atoms with Crippen LogP contribution in [-0.4, -0.2) is 60.1 Å². The molecule has 1 amide bonds. The Hall–Kier alpha value is -3.19. The lowest BCUT2D eigenvalue weighted by molar-refractivity contribution is -0.116. The Kier molecular flexibility index (Phi) is 6.16. The van der Waals surface area contributed by atoms with Crippen LogP contribution in [0, 0.1) is 0 Å². The van der Waals surface area contributed by atoms with Crippen molar-refractivity contribution in [3.05, 3.63) is 54.2 Å². The van der Waals surface area contributed by atoms with Crippen LogP contribution in [0.3, 0.4) is 0 Å². The molecule has 1 aromatic carbocycles. The number of hydrogen-bond donors (Lipinski definition) is 1. The van der Waals surface area contributed by atoms with Crippen LogP contribution >= 0.6 is 0 Å². The van der Waals surface area contributed by atoms with Crippen molar-refractivity contribution in [3.8, 4) is 5.88 Å². The number of carbonyl (C=O) groups excluding carboxylic acids is 1. The number of hydrogen-bond acceptors (Lipinski definition) is 6. The molecule has 7 heteroatoms. The first-order chi connectivity index (χ1) is 15.8. The second kappa shape index (κ2) is 9.53. The third kappa shape index (κ3) is 4.67. The van der Waals surface area contributed by atoms with Crippen LogP contribution in [0.2, 0.25) is 0 Å². The lowest BCUT2D eigenvalue weighted by Gasteiger charge is -2.36. The Bertz CT molecular complexity index is 1090. The number of carbonyl (C=O) groups is 1. The number of benzene rings is 1. The van der Waals surface area contributed by atoms with Crippen LogP contribution in [0.4, 0.5) is 11.5 Å². The van der Waals surface area contributed by atoms with Gasteiger partial charge in [-0.15, -0.1) is 0 Å². The van der Waals surface area contributed by atoms with Gasteiger partial charge in [0.15, 0.2) is 0 Å². The molecule has 2 aromatic heterocycles. The summed E-state index contributed by atoms with van der Waals surface area (Å²) >= 11 is 0. The summed E-state index contributed by atoms with van der Waals surface area (Å²) in [7, 11) is 0. The number of para-hydroxylation sites is 1. The van der Waals surface area contributed by atoms with Crippen LogP contribution in [0.15, 0.2) is 48.7 Å². The van der Waals surface area contributed by atoms with Crippen molar-refractivity contribution in [2.45, 2.75) is 25.7 Å². The second-order valence-electron chi connectivity index (χ2n) is 8.44. The quantitative estimate of drug-likeness (QED) is 0.578. The van der Waals surface area contributed by atoms with E-state index in [9.17, 15) is 4.79 Å². The Morgan fingerprint density at radius 2 is 1.84 bits per heavy atom. The zero-order valence-corrected chi connectivity index (χ0v) is 18.3. The van der Waals surface area contributed by atoms with Gasteiger partial charge in [-0.1, -0.05) is 18.2 Å². The van der Waals surface area contributed by atoms with Gasteiger partial charge in [0.1, 0.15) is 5.82 Å². The van der Waals surface area contributed by atoms with E-state index in [-0.39, 0.29) is 5.91 Å². The van der Waals surface area contributed by atoms with E-state index in [1.807, 2.05) is 24.4 Å². The number of ether oxygens (including phenoxy) is 1. The molecule has 0 aliphatic carbocycles. The fourth-order valence-electron chi connectivity index (χ4n) is 4.47. The van der Waals surface area contributed by atoms with Gasteiger partial charge < -0.3 is 15.0 Å². The molecule has 32 heavy (non-hydrogen) atoms. The summed E-state index contributed by atoms with van der Waals surface area (Å²) in [5.41, 5.74) is 3.41. The average Bonchev–Trinajstić information content (AvgIpc) is 2.83. The highest BCUT2D eigenvalue weighted by molar-refractivity contribution is 5.93. The number of rotatable bonds is 7. The molecule has 4 heterocycles. The van der Waals surface area contributed by atoms with Crippen molar-refractivity contribution in [2.24, 2.45) is 0 Å². The fraction of sp³-hybridized carbons (Fsp3) is 0.400. The molecule has 1 N–H and O–H groups in total. The number of piperazine rings is 1. The number of nitrogens with zero attached hydrogens (tertiary/aromatic N) is 4. The predicted molar refractivity (Wildman–Crippen MR) is 126 cm³/mol. The van der Waals surface area contributed by atoms with Crippen LogP contribution in [0.5, 0.6) is 5.88 Å². The largest absolute Gasteiger partial charge is 0.478 e. The van der Waals surface area contributed by atoms with E-state index in [1.165, 1.54) is 11.1 Å². The summed E-state index contributed by atoms with van der Waals surface area (Å²) in [6.45, 7) is 5.90. The summed E-state index contributed by atoms with van der Waals surface area (Å²) in [6.07, 6.45) is 5.23. The molecule has 1 fully saturated rings. The molecule has 0 unspecified atom stereocenters. The van der Waals surface area contributed by atoms with Gasteiger partial charge in [0, 0.05) is 50.2 Å². The molecule has 0 spiro atoms. The summed E-state index contributed by atoms with van der Waals surface area (Å²) in [6, 6.07) is 14.5. The Morgan fingerprint density at radius 3 is 2.75 bits per heavy atom. The average molecular weight is 432 g/mol. The molecule has 2 aliphatic rings. The minimum absolute atomic E-state index is 0.0268. The summed E-state index contributed by atoms with van der Waals surface area (Å²) in [4.78, 5) is 25.6. The van der Waals surface area contributed by atoms with Gasteiger partial charge in [0.05, 0.1) is 17.8 Å². The third-order valence-corrected chi connectivity index (χ3v) is 6.28. The van der Waals surface area contributed by atoms with E-state index in [0.717, 1.165) is 63.1 Å². The van der Waals surface area contributed by atoms with E-state index in [1.54, 1.807) is 0 Å². The molecule has 5 rings (SSSR count). The van der Waals surface area contributed by atoms with E-state index in [4.69, 9.17) is 4.74 Å². The third-order valence-electron chi connectivity index (χ3n) is 6.28.